The van der Waals surface area contributed by atoms with Gasteiger partial charge in [0.1, 0.15) is 78.1 Å². The molecule has 0 saturated carbocycles. The van der Waals surface area contributed by atoms with Gasteiger partial charge in [0.15, 0.2) is 12.1 Å². The van der Waals surface area contributed by atoms with Crippen molar-refractivity contribution in [2.75, 3.05) is 20.3 Å². The maximum atomic E-state index is 14.5. The minimum absolute atomic E-state index is 0.000133. The van der Waals surface area contributed by atoms with Crippen molar-refractivity contribution >= 4 is 11.0 Å². The van der Waals surface area contributed by atoms with Crippen LogP contribution in [0.2, 0.25) is 0 Å². The number of benzene rings is 2. The largest absolute Gasteiger partial charge is 0.497 e. The van der Waals surface area contributed by atoms with Crippen LogP contribution in [0.5, 0.6) is 17.2 Å². The number of aliphatic hydroxyl groups excluding tert-OH is 9. The summed E-state index contributed by atoms with van der Waals surface area (Å²) in [6, 6.07) is 9.22. The summed E-state index contributed by atoms with van der Waals surface area (Å²) in [5, 5.41) is 93.7. The molecular formula is C38H48O18. The van der Waals surface area contributed by atoms with Crippen molar-refractivity contribution in [3.8, 4) is 28.6 Å². The van der Waals surface area contributed by atoms with Crippen molar-refractivity contribution < 1.29 is 83.5 Å². The van der Waals surface area contributed by atoms with E-state index in [9.17, 15) is 50.8 Å². The van der Waals surface area contributed by atoms with Crippen LogP contribution in [0.3, 0.4) is 0 Å². The van der Waals surface area contributed by atoms with Crippen molar-refractivity contribution in [3.05, 3.63) is 63.8 Å². The van der Waals surface area contributed by atoms with Crippen LogP contribution in [-0.2, 0) is 25.4 Å². The fourth-order valence-electron chi connectivity index (χ4n) is 6.68. The normalized spacial score (nSPS) is 34.9. The van der Waals surface area contributed by atoms with E-state index in [-0.39, 0.29) is 35.5 Å². The Kier molecular flexibility index (Phi) is 13.0. The van der Waals surface area contributed by atoms with E-state index in [1.165, 1.54) is 26.2 Å². The van der Waals surface area contributed by atoms with Crippen LogP contribution >= 0.6 is 0 Å². The Labute approximate surface area is 320 Å². The van der Waals surface area contributed by atoms with Gasteiger partial charge in [0.25, 0.3) is 0 Å². The van der Waals surface area contributed by atoms with Gasteiger partial charge in [0.2, 0.25) is 23.8 Å². The van der Waals surface area contributed by atoms with E-state index in [0.717, 1.165) is 5.57 Å². The number of aliphatic hydroxyl groups is 9. The molecule has 1 aromatic heterocycles. The van der Waals surface area contributed by atoms with Gasteiger partial charge in [-0.2, -0.15) is 0 Å². The number of ether oxygens (including phenoxy) is 7. The van der Waals surface area contributed by atoms with Crippen LogP contribution in [-0.4, -0.2) is 152 Å². The monoisotopic (exact) mass is 792 g/mol. The van der Waals surface area contributed by atoms with Crippen LogP contribution in [0, 0.1) is 0 Å². The second-order valence-electron chi connectivity index (χ2n) is 14.2. The first-order valence-corrected chi connectivity index (χ1v) is 18.0. The molecule has 3 fully saturated rings. The lowest BCUT2D eigenvalue weighted by molar-refractivity contribution is -0.334. The van der Waals surface area contributed by atoms with Crippen molar-refractivity contribution in [3.63, 3.8) is 0 Å². The molecule has 308 valence electrons. The van der Waals surface area contributed by atoms with Gasteiger partial charge in [-0.1, -0.05) is 11.6 Å². The van der Waals surface area contributed by atoms with Gasteiger partial charge in [0.05, 0.1) is 31.8 Å². The minimum atomic E-state index is -1.84. The molecule has 9 N–H and O–H groups in total. The number of rotatable bonds is 11. The third kappa shape index (κ3) is 8.30. The molecule has 4 heterocycles. The third-order valence-electron chi connectivity index (χ3n) is 9.99. The molecule has 18 nitrogen and oxygen atoms in total. The zero-order valence-corrected chi connectivity index (χ0v) is 30.9. The first kappa shape index (κ1) is 41.9. The summed E-state index contributed by atoms with van der Waals surface area (Å²) in [6.07, 6.45) is -19.6. The Balaban J connectivity index is 1.39. The molecule has 0 radical (unpaired) electrons. The average Bonchev–Trinajstić information content (AvgIpc) is 3.18. The lowest BCUT2D eigenvalue weighted by Crippen LogP contribution is -2.62. The van der Waals surface area contributed by atoms with Crippen molar-refractivity contribution in [1.29, 1.82) is 0 Å². The topological polar surface area (TPSA) is 277 Å². The maximum absolute atomic E-state index is 14.5. The summed E-state index contributed by atoms with van der Waals surface area (Å²) in [6.45, 7) is 4.15. The van der Waals surface area contributed by atoms with Gasteiger partial charge in [-0.05, 0) is 63.6 Å². The van der Waals surface area contributed by atoms with E-state index in [4.69, 9.17) is 37.6 Å². The Morgan fingerprint density at radius 1 is 0.804 bits per heavy atom. The van der Waals surface area contributed by atoms with Gasteiger partial charge in [-0.25, -0.2) is 0 Å². The summed E-state index contributed by atoms with van der Waals surface area (Å²) in [7, 11) is 1.48. The first-order chi connectivity index (χ1) is 26.6. The smallest absolute Gasteiger partial charge is 0.235 e. The molecule has 3 aliphatic heterocycles. The Morgan fingerprint density at radius 3 is 2.12 bits per heavy atom. The van der Waals surface area contributed by atoms with E-state index in [1.807, 2.05) is 19.9 Å². The number of hydrogen-bond acceptors (Lipinski definition) is 18. The first-order valence-electron chi connectivity index (χ1n) is 18.0. The number of hydrogen-bond donors (Lipinski definition) is 9. The molecule has 2 aromatic carbocycles. The highest BCUT2D eigenvalue weighted by Gasteiger charge is 2.49. The summed E-state index contributed by atoms with van der Waals surface area (Å²) in [5.41, 5.74) is 0.880. The predicted octanol–water partition coefficient (Wildman–Crippen LogP) is -1.17. The molecule has 18 heteroatoms. The standard InChI is InChI=1S/C38H48O18/c1-15(2)5-10-19-22(52-38-30(47)27(44)26(43)23(13-39)53-38)12-11-20-24(41)35(33(54-34(19)20)17-6-8-18(49-4)9-7-17)56-37-31(48)28(45)32(16(3)51-37)55-36-29(46)25(42)21(40)14-50-36/h5-9,11-12,16,21,23,25-32,36-40,42-48H,10,13-14H2,1-4H3/t16-,21-,23-,25+,26-,27+,28-,29-,30-,31-,32-,36+,37+,38+/m0/s1. The Hall–Kier alpha value is -3.73. The van der Waals surface area contributed by atoms with Crippen LogP contribution in [0.25, 0.3) is 22.3 Å². The molecule has 3 saturated heterocycles. The summed E-state index contributed by atoms with van der Waals surface area (Å²) >= 11 is 0. The molecule has 0 unspecified atom stereocenters. The molecule has 0 bridgehead atoms. The van der Waals surface area contributed by atoms with Gasteiger partial charge in [-0.15, -0.1) is 0 Å². The van der Waals surface area contributed by atoms with Gasteiger partial charge < -0.3 is 83.5 Å². The summed E-state index contributed by atoms with van der Waals surface area (Å²) in [4.78, 5) is 14.5. The lowest BCUT2D eigenvalue weighted by Gasteiger charge is -2.44. The number of fused-ring (bicyclic) bond motifs is 1. The van der Waals surface area contributed by atoms with Crippen molar-refractivity contribution in [2.24, 2.45) is 0 Å². The van der Waals surface area contributed by atoms with E-state index in [1.54, 1.807) is 24.3 Å². The molecule has 0 spiro atoms. The fourth-order valence-corrected chi connectivity index (χ4v) is 6.68. The molecule has 0 aliphatic carbocycles. The highest BCUT2D eigenvalue weighted by atomic mass is 16.7. The summed E-state index contributed by atoms with van der Waals surface area (Å²) < 4.78 is 46.4. The minimum Gasteiger partial charge on any atom is -0.497 e. The third-order valence-corrected chi connectivity index (χ3v) is 9.99. The van der Waals surface area contributed by atoms with Crippen LogP contribution in [0.1, 0.15) is 26.3 Å². The molecule has 6 rings (SSSR count). The fraction of sp³-hybridized carbons (Fsp3) is 0.553. The number of methoxy groups -OCH3 is 1. The van der Waals surface area contributed by atoms with Gasteiger partial charge in [-0.3, -0.25) is 4.79 Å². The number of allylic oxidation sites excluding steroid dienone is 2. The second-order valence-corrected chi connectivity index (χ2v) is 14.2. The van der Waals surface area contributed by atoms with Crippen molar-refractivity contribution in [1.82, 2.24) is 0 Å². The van der Waals surface area contributed by atoms with E-state index in [2.05, 4.69) is 0 Å². The zero-order valence-electron chi connectivity index (χ0n) is 30.9. The Morgan fingerprint density at radius 2 is 1.46 bits per heavy atom. The Bertz CT molecular complexity index is 1890. The van der Waals surface area contributed by atoms with Crippen LogP contribution < -0.4 is 19.6 Å². The molecule has 3 aromatic rings. The van der Waals surface area contributed by atoms with E-state index < -0.39 is 104 Å². The lowest BCUT2D eigenvalue weighted by atomic mass is 9.98. The van der Waals surface area contributed by atoms with E-state index >= 15 is 0 Å². The van der Waals surface area contributed by atoms with Crippen LogP contribution in [0.4, 0.5) is 0 Å². The van der Waals surface area contributed by atoms with Crippen LogP contribution in [0.15, 0.2) is 57.3 Å². The predicted molar refractivity (Wildman–Crippen MR) is 192 cm³/mol. The van der Waals surface area contributed by atoms with Gasteiger partial charge >= 0.3 is 0 Å². The molecule has 14 atom stereocenters. The highest BCUT2D eigenvalue weighted by molar-refractivity contribution is 5.86. The quantitative estimate of drug-likeness (QED) is 0.103. The molecular weight excluding hydrogens is 744 g/mol. The van der Waals surface area contributed by atoms with E-state index in [0.29, 0.717) is 16.9 Å². The van der Waals surface area contributed by atoms with Crippen molar-refractivity contribution in [2.45, 2.75) is 113 Å². The maximum Gasteiger partial charge on any atom is 0.235 e. The summed E-state index contributed by atoms with van der Waals surface area (Å²) in [5.74, 6) is 0.0578. The SMILES string of the molecule is COc1ccc(-c2oc3c(CC=C(C)C)c(O[C@@H]4O[C@@H](CO)[C@H](O)[C@@H](O)[C@@H]4O)ccc3c(=O)c2O[C@H]2O[C@@H](C)[C@H](O[C@H]3OC[C@H](O)[C@@H](O)[C@@H]3O)[C@@H](O)[C@@H]2O)cc1. The highest BCUT2D eigenvalue weighted by Crippen LogP contribution is 2.39. The molecule has 56 heavy (non-hydrogen) atoms. The zero-order chi connectivity index (χ0) is 40.6. The van der Waals surface area contributed by atoms with Gasteiger partial charge in [0, 0.05) is 11.1 Å². The molecule has 3 aliphatic rings. The average molecular weight is 793 g/mol. The molecule has 0 amide bonds. The second kappa shape index (κ2) is 17.4.